The van der Waals surface area contributed by atoms with Gasteiger partial charge in [0.15, 0.2) is 0 Å². The van der Waals surface area contributed by atoms with E-state index in [1.54, 1.807) is 0 Å². The first-order chi connectivity index (χ1) is 7.48. The second-order valence-corrected chi connectivity index (χ2v) is 6.08. The average molecular weight is 226 g/mol. The van der Waals surface area contributed by atoms with E-state index in [1.165, 1.54) is 32.6 Å². The summed E-state index contributed by atoms with van der Waals surface area (Å²) in [5.41, 5.74) is 0.553. The largest absolute Gasteiger partial charge is 0.298 e. The molecule has 0 saturated carbocycles. The summed E-state index contributed by atoms with van der Waals surface area (Å²) in [6.07, 6.45) is 1.39. The van der Waals surface area contributed by atoms with E-state index in [4.69, 9.17) is 0 Å². The summed E-state index contributed by atoms with van der Waals surface area (Å²) in [6, 6.07) is 1.56. The Morgan fingerprint density at radius 2 is 1.75 bits per heavy atom. The lowest BCUT2D eigenvalue weighted by Gasteiger charge is -2.39. The quantitative estimate of drug-likeness (QED) is 0.678. The Balaban J connectivity index is 0.000000606. The Bertz CT molecular complexity index is 211. The number of nitrogens with zero attached hydrogens (tertiary/aromatic N) is 2. The van der Waals surface area contributed by atoms with Crippen LogP contribution in [0.3, 0.4) is 0 Å². The molecule has 2 rings (SSSR count). The van der Waals surface area contributed by atoms with Crippen molar-refractivity contribution in [3.05, 3.63) is 0 Å². The van der Waals surface area contributed by atoms with Crippen molar-refractivity contribution in [2.24, 2.45) is 5.41 Å². The van der Waals surface area contributed by atoms with Crippen LogP contribution in [0.15, 0.2) is 0 Å². The fraction of sp³-hybridized carbons (Fsp3) is 1.00. The standard InChI is InChI=1S/C12H24N2.C2H6/c1-10(2)13-5-6-14-9-12(3,4)7-11(14)8-13;1-2/h10-11H,5-9H2,1-4H3;1-2H3. The fourth-order valence-corrected chi connectivity index (χ4v) is 3.04. The topological polar surface area (TPSA) is 6.48 Å². The first kappa shape index (κ1) is 14.0. The lowest BCUT2D eigenvalue weighted by atomic mass is 9.90. The number of hydrogen-bond donors (Lipinski definition) is 0. The predicted molar refractivity (Wildman–Crippen MR) is 71.8 cm³/mol. The zero-order valence-corrected chi connectivity index (χ0v) is 12.1. The smallest absolute Gasteiger partial charge is 0.0229 e. The van der Waals surface area contributed by atoms with Gasteiger partial charge < -0.3 is 0 Å². The van der Waals surface area contributed by atoms with Crippen molar-refractivity contribution in [1.82, 2.24) is 9.80 Å². The van der Waals surface area contributed by atoms with Crippen LogP contribution in [-0.4, -0.2) is 48.1 Å². The van der Waals surface area contributed by atoms with Crippen LogP contribution in [0.4, 0.5) is 0 Å². The first-order valence-electron chi connectivity index (χ1n) is 6.96. The molecule has 2 heterocycles. The van der Waals surface area contributed by atoms with E-state index in [0.29, 0.717) is 5.41 Å². The molecule has 16 heavy (non-hydrogen) atoms. The van der Waals surface area contributed by atoms with Gasteiger partial charge >= 0.3 is 0 Å². The van der Waals surface area contributed by atoms with Crippen molar-refractivity contribution in [3.63, 3.8) is 0 Å². The van der Waals surface area contributed by atoms with Gasteiger partial charge in [-0.1, -0.05) is 27.7 Å². The van der Waals surface area contributed by atoms with E-state index in [0.717, 1.165) is 12.1 Å². The molecule has 0 aromatic rings. The van der Waals surface area contributed by atoms with E-state index in [9.17, 15) is 0 Å². The second-order valence-electron chi connectivity index (χ2n) is 6.08. The Morgan fingerprint density at radius 1 is 1.12 bits per heavy atom. The van der Waals surface area contributed by atoms with Gasteiger partial charge in [-0.2, -0.15) is 0 Å². The zero-order valence-electron chi connectivity index (χ0n) is 12.1. The van der Waals surface area contributed by atoms with E-state index < -0.39 is 0 Å². The van der Waals surface area contributed by atoms with Gasteiger partial charge in [-0.3, -0.25) is 9.80 Å². The Kier molecular flexibility index (Phi) is 4.81. The molecule has 2 heteroatoms. The molecule has 1 unspecified atom stereocenters. The van der Waals surface area contributed by atoms with Gasteiger partial charge in [0.1, 0.15) is 0 Å². The van der Waals surface area contributed by atoms with Gasteiger partial charge in [0.2, 0.25) is 0 Å². The molecule has 2 nitrogen and oxygen atoms in total. The minimum Gasteiger partial charge on any atom is -0.298 e. The van der Waals surface area contributed by atoms with Gasteiger partial charge in [-0.15, -0.1) is 0 Å². The van der Waals surface area contributed by atoms with E-state index in [1.807, 2.05) is 13.8 Å². The third-order valence-corrected chi connectivity index (χ3v) is 3.79. The highest BCUT2D eigenvalue weighted by Crippen LogP contribution is 2.35. The molecule has 0 amide bonds. The summed E-state index contributed by atoms with van der Waals surface area (Å²) in [7, 11) is 0. The van der Waals surface area contributed by atoms with Crippen molar-refractivity contribution in [3.8, 4) is 0 Å². The maximum absolute atomic E-state index is 2.69. The molecule has 96 valence electrons. The molecule has 0 aromatic heterocycles. The second kappa shape index (κ2) is 5.50. The summed E-state index contributed by atoms with van der Waals surface area (Å²) < 4.78 is 0. The lowest BCUT2D eigenvalue weighted by molar-refractivity contribution is 0.0820. The highest BCUT2D eigenvalue weighted by atomic mass is 15.3. The number of fused-ring (bicyclic) bond motifs is 1. The van der Waals surface area contributed by atoms with Crippen molar-refractivity contribution >= 4 is 0 Å². The highest BCUT2D eigenvalue weighted by molar-refractivity contribution is 4.95. The third-order valence-electron chi connectivity index (χ3n) is 3.79. The number of hydrogen-bond acceptors (Lipinski definition) is 2. The van der Waals surface area contributed by atoms with Gasteiger partial charge in [-0.25, -0.2) is 0 Å². The van der Waals surface area contributed by atoms with Crippen LogP contribution in [0.1, 0.15) is 48.0 Å². The van der Waals surface area contributed by atoms with Crippen LogP contribution in [-0.2, 0) is 0 Å². The fourth-order valence-electron chi connectivity index (χ4n) is 3.04. The summed E-state index contributed by atoms with van der Waals surface area (Å²) in [6.45, 7) is 18.6. The molecule has 1 atom stereocenters. The molecule has 0 aromatic carbocycles. The lowest BCUT2D eigenvalue weighted by Crippen LogP contribution is -2.52. The normalized spacial score (nSPS) is 29.8. The van der Waals surface area contributed by atoms with Crippen molar-refractivity contribution in [2.45, 2.75) is 60.0 Å². The maximum Gasteiger partial charge on any atom is 0.0229 e. The molecular formula is C14H30N2. The van der Waals surface area contributed by atoms with Gasteiger partial charge in [0.25, 0.3) is 0 Å². The predicted octanol–water partition coefficient (Wildman–Crippen LogP) is 2.84. The summed E-state index contributed by atoms with van der Waals surface area (Å²) in [5, 5.41) is 0. The molecule has 0 spiro atoms. The average Bonchev–Trinajstić information content (AvgIpc) is 2.53. The molecule has 0 radical (unpaired) electrons. The molecular weight excluding hydrogens is 196 g/mol. The van der Waals surface area contributed by atoms with Gasteiger partial charge in [0.05, 0.1) is 0 Å². The molecule has 2 saturated heterocycles. The van der Waals surface area contributed by atoms with E-state index in [2.05, 4.69) is 37.5 Å². The molecule has 2 fully saturated rings. The van der Waals surface area contributed by atoms with Crippen molar-refractivity contribution < 1.29 is 0 Å². The van der Waals surface area contributed by atoms with Gasteiger partial charge in [0, 0.05) is 38.3 Å². The van der Waals surface area contributed by atoms with Crippen LogP contribution in [0, 0.1) is 5.41 Å². The summed E-state index contributed by atoms with van der Waals surface area (Å²) in [4.78, 5) is 5.32. The summed E-state index contributed by atoms with van der Waals surface area (Å²) in [5.74, 6) is 0. The number of piperazine rings is 1. The Morgan fingerprint density at radius 3 is 2.31 bits per heavy atom. The third kappa shape index (κ3) is 3.21. The summed E-state index contributed by atoms with van der Waals surface area (Å²) >= 11 is 0. The van der Waals surface area contributed by atoms with Crippen LogP contribution >= 0.6 is 0 Å². The minimum atomic E-state index is 0.553. The monoisotopic (exact) mass is 226 g/mol. The first-order valence-corrected chi connectivity index (χ1v) is 6.96. The molecule has 0 aliphatic carbocycles. The molecule has 0 N–H and O–H groups in total. The van der Waals surface area contributed by atoms with Crippen LogP contribution < -0.4 is 0 Å². The molecule has 2 aliphatic rings. The number of rotatable bonds is 1. The van der Waals surface area contributed by atoms with Crippen molar-refractivity contribution in [1.29, 1.82) is 0 Å². The van der Waals surface area contributed by atoms with E-state index in [-0.39, 0.29) is 0 Å². The van der Waals surface area contributed by atoms with Crippen LogP contribution in [0.25, 0.3) is 0 Å². The SMILES string of the molecule is CC.CC(C)N1CCN2CC(C)(C)CC2C1. The highest BCUT2D eigenvalue weighted by Gasteiger charge is 2.40. The molecule has 2 aliphatic heterocycles. The minimum absolute atomic E-state index is 0.553. The van der Waals surface area contributed by atoms with Gasteiger partial charge in [-0.05, 0) is 25.7 Å². The van der Waals surface area contributed by atoms with Crippen molar-refractivity contribution in [2.75, 3.05) is 26.2 Å². The Hall–Kier alpha value is -0.0800. The molecule has 0 bridgehead atoms. The van der Waals surface area contributed by atoms with Crippen LogP contribution in [0.5, 0.6) is 0 Å². The maximum atomic E-state index is 2.69. The van der Waals surface area contributed by atoms with Crippen LogP contribution in [0.2, 0.25) is 0 Å². The zero-order chi connectivity index (χ0) is 12.3. The van der Waals surface area contributed by atoms with E-state index >= 15 is 0 Å². The Labute approximate surface area is 102 Å².